The Morgan fingerprint density at radius 3 is 3.20 bits per heavy atom. The van der Waals surface area contributed by atoms with E-state index in [2.05, 4.69) is 27.4 Å². The summed E-state index contributed by atoms with van der Waals surface area (Å²) in [5.74, 6) is 0.186. The highest BCUT2D eigenvalue weighted by Gasteiger charge is 2.23. The number of hydrogen-bond acceptors (Lipinski definition) is 3. The van der Waals surface area contributed by atoms with Crippen molar-refractivity contribution in [3.05, 3.63) is 46.5 Å². The first-order chi connectivity index (χ1) is 9.74. The zero-order valence-electron chi connectivity index (χ0n) is 10.8. The molecule has 0 aromatic carbocycles. The lowest BCUT2D eigenvalue weighted by Crippen LogP contribution is -2.07. The Labute approximate surface area is 120 Å². The predicted molar refractivity (Wildman–Crippen MR) is 77.6 cm³/mol. The molecule has 0 radical (unpaired) electrons. The van der Waals surface area contributed by atoms with E-state index in [-0.39, 0.29) is 5.92 Å². The molecule has 3 aromatic rings. The highest BCUT2D eigenvalue weighted by molar-refractivity contribution is 6.35. The van der Waals surface area contributed by atoms with Crippen LogP contribution in [0.1, 0.15) is 29.3 Å². The van der Waals surface area contributed by atoms with E-state index in [1.807, 2.05) is 19.3 Å². The smallest absolute Gasteiger partial charge is 0.159 e. The van der Waals surface area contributed by atoms with Gasteiger partial charge in [-0.25, -0.2) is 4.98 Å². The Morgan fingerprint density at radius 2 is 2.30 bits per heavy atom. The third-order valence-corrected chi connectivity index (χ3v) is 4.08. The van der Waals surface area contributed by atoms with Gasteiger partial charge in [0.15, 0.2) is 5.65 Å². The molecule has 1 N–H and O–H groups in total. The van der Waals surface area contributed by atoms with Gasteiger partial charge in [-0.15, -0.1) is 0 Å². The molecule has 0 spiro atoms. The number of rotatable bonds is 1. The van der Waals surface area contributed by atoms with Crippen LogP contribution < -0.4 is 0 Å². The standard InChI is InChI=1S/C14H12ClN5/c1-20-14-10(7-17-20)11(15)5-13(18-14)8-3-2-4-12-9(8)6-16-19-12/h2,4-8H,3H2,1H3,(H,16,19). The SMILES string of the molecule is Cn1ncc2c(Cl)cc(C3CC=Cc4[nH]ncc43)nc21. The van der Waals surface area contributed by atoms with Gasteiger partial charge in [-0.2, -0.15) is 10.2 Å². The van der Waals surface area contributed by atoms with Crippen LogP contribution in [-0.2, 0) is 7.05 Å². The van der Waals surface area contributed by atoms with Crippen LogP contribution in [0.2, 0.25) is 5.02 Å². The number of allylic oxidation sites excluding steroid dienone is 1. The van der Waals surface area contributed by atoms with Gasteiger partial charge in [-0.1, -0.05) is 17.7 Å². The van der Waals surface area contributed by atoms with E-state index in [4.69, 9.17) is 16.6 Å². The summed E-state index contributed by atoms with van der Waals surface area (Å²) >= 11 is 6.36. The van der Waals surface area contributed by atoms with Gasteiger partial charge in [0.1, 0.15) is 0 Å². The molecular weight excluding hydrogens is 274 g/mol. The summed E-state index contributed by atoms with van der Waals surface area (Å²) in [4.78, 5) is 4.74. The van der Waals surface area contributed by atoms with Gasteiger partial charge in [0.05, 0.1) is 34.2 Å². The van der Waals surface area contributed by atoms with Crippen LogP contribution in [0.4, 0.5) is 0 Å². The monoisotopic (exact) mass is 285 g/mol. The lowest BCUT2D eigenvalue weighted by Gasteiger charge is -2.18. The van der Waals surface area contributed by atoms with Gasteiger partial charge in [-0.05, 0) is 18.6 Å². The first-order valence-corrected chi connectivity index (χ1v) is 6.80. The van der Waals surface area contributed by atoms with Crippen LogP contribution in [0.5, 0.6) is 0 Å². The van der Waals surface area contributed by atoms with Crippen molar-refractivity contribution in [3.63, 3.8) is 0 Å². The van der Waals surface area contributed by atoms with Crippen LogP contribution in [0.3, 0.4) is 0 Å². The van der Waals surface area contributed by atoms with E-state index < -0.39 is 0 Å². The van der Waals surface area contributed by atoms with Crippen LogP contribution in [-0.4, -0.2) is 25.0 Å². The van der Waals surface area contributed by atoms with Crippen LogP contribution in [0.15, 0.2) is 24.5 Å². The number of fused-ring (bicyclic) bond motifs is 2. The largest absolute Gasteiger partial charge is 0.278 e. The van der Waals surface area contributed by atoms with Crippen molar-refractivity contribution in [3.8, 4) is 0 Å². The Bertz CT molecular complexity index is 829. The second-order valence-corrected chi connectivity index (χ2v) is 5.37. The number of aromatic amines is 1. The summed E-state index contributed by atoms with van der Waals surface area (Å²) in [6.07, 6.45) is 8.71. The Morgan fingerprint density at radius 1 is 1.40 bits per heavy atom. The number of pyridine rings is 1. The highest BCUT2D eigenvalue weighted by atomic mass is 35.5. The minimum absolute atomic E-state index is 0.186. The van der Waals surface area contributed by atoms with Gasteiger partial charge < -0.3 is 0 Å². The zero-order valence-corrected chi connectivity index (χ0v) is 11.6. The summed E-state index contributed by atoms with van der Waals surface area (Å²) in [6, 6.07) is 1.94. The topological polar surface area (TPSA) is 59.4 Å². The summed E-state index contributed by atoms with van der Waals surface area (Å²) < 4.78 is 1.75. The maximum atomic E-state index is 6.36. The molecule has 0 aliphatic heterocycles. The third kappa shape index (κ3) is 1.59. The van der Waals surface area contributed by atoms with Crippen LogP contribution >= 0.6 is 11.6 Å². The maximum absolute atomic E-state index is 6.36. The number of hydrogen-bond donors (Lipinski definition) is 1. The summed E-state index contributed by atoms with van der Waals surface area (Å²) in [6.45, 7) is 0. The van der Waals surface area contributed by atoms with E-state index in [1.165, 1.54) is 0 Å². The first-order valence-electron chi connectivity index (χ1n) is 6.42. The summed E-state index contributed by atoms with van der Waals surface area (Å²) in [7, 11) is 1.87. The van der Waals surface area contributed by atoms with Crippen molar-refractivity contribution in [1.82, 2.24) is 25.0 Å². The molecule has 1 aliphatic carbocycles. The van der Waals surface area contributed by atoms with Gasteiger partial charge in [-0.3, -0.25) is 9.78 Å². The molecule has 4 rings (SSSR count). The van der Waals surface area contributed by atoms with E-state index in [9.17, 15) is 0 Å². The van der Waals surface area contributed by atoms with E-state index >= 15 is 0 Å². The fraction of sp³-hybridized carbons (Fsp3) is 0.214. The fourth-order valence-electron chi connectivity index (χ4n) is 2.72. The number of H-pyrrole nitrogens is 1. The quantitative estimate of drug-likeness (QED) is 0.748. The van der Waals surface area contributed by atoms with Gasteiger partial charge in [0.25, 0.3) is 0 Å². The van der Waals surface area contributed by atoms with Crippen molar-refractivity contribution >= 4 is 28.7 Å². The molecule has 1 unspecified atom stereocenters. The van der Waals surface area contributed by atoms with Crippen LogP contribution in [0, 0.1) is 0 Å². The number of nitrogens with zero attached hydrogens (tertiary/aromatic N) is 4. The fourth-order valence-corrected chi connectivity index (χ4v) is 2.96. The average molecular weight is 286 g/mol. The van der Waals surface area contributed by atoms with Gasteiger partial charge in [0.2, 0.25) is 0 Å². The van der Waals surface area contributed by atoms with Crippen molar-refractivity contribution < 1.29 is 0 Å². The molecule has 0 bridgehead atoms. The van der Waals surface area contributed by atoms with Gasteiger partial charge >= 0.3 is 0 Å². The number of halogens is 1. The Hall–Kier alpha value is -2.14. The molecule has 0 saturated heterocycles. The minimum atomic E-state index is 0.186. The minimum Gasteiger partial charge on any atom is -0.278 e. The van der Waals surface area contributed by atoms with Crippen molar-refractivity contribution in [1.29, 1.82) is 0 Å². The summed E-state index contributed by atoms with van der Waals surface area (Å²) in [5.41, 5.74) is 3.98. The number of aryl methyl sites for hydroxylation is 1. The highest BCUT2D eigenvalue weighted by Crippen LogP contribution is 2.35. The normalized spacial score (nSPS) is 17.6. The Kier molecular flexibility index (Phi) is 2.44. The first kappa shape index (κ1) is 11.7. The van der Waals surface area contributed by atoms with Crippen molar-refractivity contribution in [2.45, 2.75) is 12.3 Å². The third-order valence-electron chi connectivity index (χ3n) is 3.76. The molecular formula is C14H12ClN5. The van der Waals surface area contributed by atoms with Crippen molar-refractivity contribution in [2.75, 3.05) is 0 Å². The average Bonchev–Trinajstić information content (AvgIpc) is 3.06. The number of aromatic nitrogens is 5. The lowest BCUT2D eigenvalue weighted by atomic mass is 9.88. The van der Waals surface area contributed by atoms with Crippen LogP contribution in [0.25, 0.3) is 17.1 Å². The van der Waals surface area contributed by atoms with E-state index in [0.717, 1.165) is 34.4 Å². The molecule has 1 aliphatic rings. The molecule has 1 atom stereocenters. The molecule has 6 heteroatoms. The Balaban J connectivity index is 1.91. The zero-order chi connectivity index (χ0) is 13.7. The maximum Gasteiger partial charge on any atom is 0.159 e. The van der Waals surface area contributed by atoms with Gasteiger partial charge in [0, 0.05) is 18.5 Å². The molecule has 3 heterocycles. The lowest BCUT2D eigenvalue weighted by molar-refractivity contribution is 0.761. The van der Waals surface area contributed by atoms with Crippen molar-refractivity contribution in [2.24, 2.45) is 7.05 Å². The molecule has 0 fully saturated rings. The van der Waals surface area contributed by atoms with E-state index in [1.54, 1.807) is 10.9 Å². The second-order valence-electron chi connectivity index (χ2n) is 4.96. The molecule has 3 aromatic heterocycles. The molecule has 0 amide bonds. The molecule has 20 heavy (non-hydrogen) atoms. The molecule has 100 valence electrons. The predicted octanol–water partition coefficient (Wildman–Crippen LogP) is 2.89. The molecule has 5 nitrogen and oxygen atoms in total. The van der Waals surface area contributed by atoms with E-state index in [0.29, 0.717) is 5.02 Å². The number of nitrogens with one attached hydrogen (secondary N) is 1. The second kappa shape index (κ2) is 4.18. The summed E-state index contributed by atoms with van der Waals surface area (Å²) in [5, 5.41) is 12.9. The molecule has 0 saturated carbocycles.